The molecule has 0 amide bonds. The average molecular weight is 220 g/mol. The Hall–Kier alpha value is -1.85. The van der Waals surface area contributed by atoms with Crippen LogP contribution in [0.15, 0.2) is 12.1 Å². The highest BCUT2D eigenvalue weighted by Crippen LogP contribution is 2.21. The highest BCUT2D eigenvalue weighted by Gasteiger charge is 2.08. The lowest BCUT2D eigenvalue weighted by molar-refractivity contribution is 0.567. The minimum Gasteiger partial charge on any atom is -0.401 e. The van der Waals surface area contributed by atoms with E-state index >= 15 is 0 Å². The van der Waals surface area contributed by atoms with Crippen molar-refractivity contribution in [2.45, 2.75) is 6.92 Å². The summed E-state index contributed by atoms with van der Waals surface area (Å²) in [6.45, 7) is 1.68. The smallest absolute Gasteiger partial charge is 0.203 e. The third-order valence-corrected chi connectivity index (χ3v) is 2.26. The molecule has 0 spiro atoms. The molecule has 1 aromatic carbocycles. The van der Waals surface area contributed by atoms with Crippen molar-refractivity contribution in [2.75, 3.05) is 6.26 Å². The van der Waals surface area contributed by atoms with Gasteiger partial charge in [0.15, 0.2) is 0 Å². The number of nitrogens with zero attached hydrogens (tertiary/aromatic N) is 2. The summed E-state index contributed by atoms with van der Waals surface area (Å²) in [5, 5.41) is 17.6. The lowest BCUT2D eigenvalue weighted by Crippen LogP contribution is -1.99. The minimum atomic E-state index is -1.46. The van der Waals surface area contributed by atoms with Gasteiger partial charge in [0.05, 0.1) is 23.3 Å². The Morgan fingerprint density at radius 3 is 2.07 bits per heavy atom. The topological polar surface area (TPSA) is 73.9 Å². The van der Waals surface area contributed by atoms with Crippen LogP contribution in [0.25, 0.3) is 0 Å². The van der Waals surface area contributed by atoms with E-state index in [0.717, 1.165) is 0 Å². The first kappa shape index (κ1) is 11.2. The molecule has 5 heteroatoms. The van der Waals surface area contributed by atoms with Crippen molar-refractivity contribution in [3.05, 3.63) is 28.8 Å². The van der Waals surface area contributed by atoms with E-state index in [4.69, 9.17) is 14.7 Å². The van der Waals surface area contributed by atoms with Crippen LogP contribution < -0.4 is 4.18 Å². The maximum absolute atomic E-state index is 10.8. The van der Waals surface area contributed by atoms with Crippen molar-refractivity contribution < 1.29 is 8.39 Å². The summed E-state index contributed by atoms with van der Waals surface area (Å²) < 4.78 is 15.7. The number of hydrogen-bond donors (Lipinski definition) is 0. The van der Waals surface area contributed by atoms with Crippen LogP contribution in [0.2, 0.25) is 0 Å². The predicted octanol–water partition coefficient (Wildman–Crippen LogP) is 1.41. The second kappa shape index (κ2) is 4.59. The molecular weight excluding hydrogens is 212 g/mol. The Morgan fingerprint density at radius 2 is 1.73 bits per heavy atom. The maximum atomic E-state index is 10.8. The first-order chi connectivity index (χ1) is 7.08. The van der Waals surface area contributed by atoms with Crippen LogP contribution >= 0.6 is 0 Å². The number of rotatable bonds is 2. The van der Waals surface area contributed by atoms with Gasteiger partial charge in [-0.1, -0.05) is 0 Å². The summed E-state index contributed by atoms with van der Waals surface area (Å²) in [6.07, 6.45) is 1.37. The zero-order valence-electron chi connectivity index (χ0n) is 8.27. The summed E-state index contributed by atoms with van der Waals surface area (Å²) >= 11 is -1.46. The lowest BCUT2D eigenvalue weighted by Gasteiger charge is -2.05. The van der Waals surface area contributed by atoms with Gasteiger partial charge in [0.2, 0.25) is 11.1 Å². The van der Waals surface area contributed by atoms with Crippen LogP contribution in [0.1, 0.15) is 16.7 Å². The molecule has 76 valence electrons. The van der Waals surface area contributed by atoms with Gasteiger partial charge < -0.3 is 4.18 Å². The van der Waals surface area contributed by atoms with Crippen LogP contribution in [0.5, 0.6) is 5.75 Å². The number of benzene rings is 1. The molecule has 1 unspecified atom stereocenters. The molecule has 15 heavy (non-hydrogen) atoms. The van der Waals surface area contributed by atoms with Crippen molar-refractivity contribution in [3.63, 3.8) is 0 Å². The van der Waals surface area contributed by atoms with E-state index in [-0.39, 0.29) is 5.75 Å². The Bertz CT molecular complexity index is 462. The highest BCUT2D eigenvalue weighted by atomic mass is 32.2. The highest BCUT2D eigenvalue weighted by molar-refractivity contribution is 7.79. The monoisotopic (exact) mass is 220 g/mol. The summed E-state index contributed by atoms with van der Waals surface area (Å²) in [7, 11) is 0. The Labute approximate surface area is 90.4 Å². The molecule has 0 aromatic heterocycles. The molecule has 0 heterocycles. The quantitative estimate of drug-likeness (QED) is 0.755. The minimum absolute atomic E-state index is 0.273. The molecule has 1 atom stereocenters. The molecule has 0 saturated heterocycles. The van der Waals surface area contributed by atoms with Gasteiger partial charge in [-0.3, -0.25) is 0 Å². The van der Waals surface area contributed by atoms with E-state index in [1.807, 2.05) is 12.1 Å². The van der Waals surface area contributed by atoms with Crippen molar-refractivity contribution >= 4 is 11.1 Å². The first-order valence-corrected chi connectivity index (χ1v) is 5.53. The summed E-state index contributed by atoms with van der Waals surface area (Å²) in [5.74, 6) is 0.273. The molecule has 0 aliphatic heterocycles. The van der Waals surface area contributed by atoms with Gasteiger partial charge in [-0.25, -0.2) is 4.21 Å². The second-order valence-electron chi connectivity index (χ2n) is 2.85. The molecule has 1 aromatic rings. The zero-order valence-corrected chi connectivity index (χ0v) is 9.09. The van der Waals surface area contributed by atoms with E-state index in [1.165, 1.54) is 18.4 Å². The number of nitriles is 2. The fraction of sp³-hybridized carbons (Fsp3) is 0.200. The van der Waals surface area contributed by atoms with E-state index in [0.29, 0.717) is 16.7 Å². The van der Waals surface area contributed by atoms with Gasteiger partial charge in [-0.05, 0) is 24.6 Å². The summed E-state index contributed by atoms with van der Waals surface area (Å²) in [6, 6.07) is 6.85. The van der Waals surface area contributed by atoms with Gasteiger partial charge >= 0.3 is 0 Å². The summed E-state index contributed by atoms with van der Waals surface area (Å²) in [4.78, 5) is 0. The standard InChI is InChI=1S/C10H8N2O2S/c1-7-8(5-11)3-10(14-15(2)13)4-9(7)6-12/h3-4H,1-2H3. The van der Waals surface area contributed by atoms with Crippen LogP contribution in [-0.2, 0) is 11.1 Å². The average Bonchev–Trinajstić information content (AvgIpc) is 2.19. The molecule has 0 aliphatic carbocycles. The molecule has 0 aliphatic rings. The third kappa shape index (κ3) is 2.55. The van der Waals surface area contributed by atoms with Crippen molar-refractivity contribution in [1.29, 1.82) is 10.5 Å². The third-order valence-electron chi connectivity index (χ3n) is 1.84. The molecule has 0 saturated carbocycles. The lowest BCUT2D eigenvalue weighted by atomic mass is 10.0. The molecule has 0 fully saturated rings. The summed E-state index contributed by atoms with van der Waals surface area (Å²) in [5.41, 5.74) is 1.32. The zero-order chi connectivity index (χ0) is 11.4. The van der Waals surface area contributed by atoms with E-state index < -0.39 is 11.1 Å². The first-order valence-electron chi connectivity index (χ1n) is 4.05. The predicted molar refractivity (Wildman–Crippen MR) is 55.3 cm³/mol. The molecule has 4 nitrogen and oxygen atoms in total. The normalized spacial score (nSPS) is 11.2. The van der Waals surface area contributed by atoms with Gasteiger partial charge in [-0.15, -0.1) is 0 Å². The van der Waals surface area contributed by atoms with Gasteiger partial charge in [-0.2, -0.15) is 10.5 Å². The van der Waals surface area contributed by atoms with Gasteiger partial charge in [0.25, 0.3) is 0 Å². The largest absolute Gasteiger partial charge is 0.401 e. The van der Waals surface area contributed by atoms with E-state index in [1.54, 1.807) is 6.92 Å². The van der Waals surface area contributed by atoms with Crippen LogP contribution in [-0.4, -0.2) is 10.5 Å². The molecule has 0 radical (unpaired) electrons. The van der Waals surface area contributed by atoms with Crippen LogP contribution in [0, 0.1) is 29.6 Å². The fourth-order valence-electron chi connectivity index (χ4n) is 1.10. The molecule has 0 N–H and O–H groups in total. The number of hydrogen-bond acceptors (Lipinski definition) is 4. The fourth-order valence-corrected chi connectivity index (χ4v) is 1.47. The van der Waals surface area contributed by atoms with Crippen LogP contribution in [0.3, 0.4) is 0 Å². The van der Waals surface area contributed by atoms with Gasteiger partial charge in [0.1, 0.15) is 5.75 Å². The molecule has 1 rings (SSSR count). The Kier molecular flexibility index (Phi) is 3.43. The van der Waals surface area contributed by atoms with Crippen molar-refractivity contribution in [2.24, 2.45) is 0 Å². The molecule has 0 bridgehead atoms. The van der Waals surface area contributed by atoms with Gasteiger partial charge in [0, 0.05) is 6.26 Å². The Balaban J connectivity index is 3.30. The maximum Gasteiger partial charge on any atom is 0.203 e. The second-order valence-corrected chi connectivity index (χ2v) is 3.82. The SMILES string of the molecule is Cc1c(C#N)cc(OS(C)=O)cc1C#N. The molecular formula is C10H8N2O2S. The van der Waals surface area contributed by atoms with E-state index in [9.17, 15) is 4.21 Å². The van der Waals surface area contributed by atoms with E-state index in [2.05, 4.69) is 0 Å². The van der Waals surface area contributed by atoms with Crippen molar-refractivity contribution in [1.82, 2.24) is 0 Å². The van der Waals surface area contributed by atoms with Crippen molar-refractivity contribution in [3.8, 4) is 17.9 Å². The Morgan fingerprint density at radius 1 is 1.27 bits per heavy atom. The van der Waals surface area contributed by atoms with Crippen LogP contribution in [0.4, 0.5) is 0 Å².